The highest BCUT2D eigenvalue weighted by molar-refractivity contribution is 6.10. The third-order valence-corrected chi connectivity index (χ3v) is 6.13. The summed E-state index contributed by atoms with van der Waals surface area (Å²) in [6, 6.07) is 13.7. The molecule has 0 saturated heterocycles. The topological polar surface area (TPSA) is 65.4 Å². The molecule has 1 unspecified atom stereocenters. The van der Waals surface area contributed by atoms with E-state index in [1.807, 2.05) is 31.2 Å². The molecule has 1 atom stereocenters. The molecule has 0 radical (unpaired) electrons. The first-order chi connectivity index (χ1) is 15.2. The SMILES string of the molecule is CCCN1c2cc(OC)c(/C=C(\C#N)C(=O)Nc3cccc(C)c3)cc2C(C)CC1(C)C. The van der Waals surface area contributed by atoms with Gasteiger partial charge in [0.15, 0.2) is 0 Å². The summed E-state index contributed by atoms with van der Waals surface area (Å²) in [7, 11) is 1.62. The highest BCUT2D eigenvalue weighted by Gasteiger charge is 2.36. The fourth-order valence-corrected chi connectivity index (χ4v) is 4.69. The summed E-state index contributed by atoms with van der Waals surface area (Å²) in [5, 5.41) is 12.5. The molecule has 2 aromatic carbocycles. The number of nitriles is 1. The van der Waals surface area contributed by atoms with Crippen LogP contribution in [0, 0.1) is 18.3 Å². The van der Waals surface area contributed by atoms with Gasteiger partial charge in [-0.3, -0.25) is 4.79 Å². The van der Waals surface area contributed by atoms with Crippen molar-refractivity contribution in [3.63, 3.8) is 0 Å². The smallest absolute Gasteiger partial charge is 0.266 e. The number of rotatable bonds is 6. The maximum atomic E-state index is 12.8. The Morgan fingerprint density at radius 3 is 2.72 bits per heavy atom. The third-order valence-electron chi connectivity index (χ3n) is 6.13. The Morgan fingerprint density at radius 1 is 1.34 bits per heavy atom. The number of methoxy groups -OCH3 is 1. The molecule has 5 heteroatoms. The van der Waals surface area contributed by atoms with E-state index in [2.05, 4.69) is 56.1 Å². The number of nitrogens with zero attached hydrogens (tertiary/aromatic N) is 2. The van der Waals surface area contributed by atoms with Crippen LogP contribution in [0.4, 0.5) is 11.4 Å². The number of amides is 1. The molecule has 0 bridgehead atoms. The second-order valence-electron chi connectivity index (χ2n) is 9.22. The minimum atomic E-state index is -0.431. The largest absolute Gasteiger partial charge is 0.496 e. The van der Waals surface area contributed by atoms with Crippen LogP contribution in [0.1, 0.15) is 63.1 Å². The van der Waals surface area contributed by atoms with Crippen molar-refractivity contribution in [3.8, 4) is 11.8 Å². The molecule has 0 saturated carbocycles. The number of aryl methyl sites for hydroxylation is 1. The van der Waals surface area contributed by atoms with Gasteiger partial charge in [-0.15, -0.1) is 0 Å². The van der Waals surface area contributed by atoms with Crippen LogP contribution in [0.5, 0.6) is 5.75 Å². The molecule has 2 aromatic rings. The van der Waals surface area contributed by atoms with Gasteiger partial charge in [0.25, 0.3) is 5.91 Å². The molecule has 168 valence electrons. The Kier molecular flexibility index (Phi) is 6.93. The van der Waals surface area contributed by atoms with Crippen molar-refractivity contribution in [2.75, 3.05) is 23.9 Å². The van der Waals surface area contributed by atoms with Crippen LogP contribution in [0.25, 0.3) is 6.08 Å². The van der Waals surface area contributed by atoms with Crippen molar-refractivity contribution in [1.82, 2.24) is 0 Å². The predicted molar refractivity (Wildman–Crippen MR) is 131 cm³/mol. The van der Waals surface area contributed by atoms with Crippen LogP contribution in [-0.2, 0) is 4.79 Å². The molecule has 0 spiro atoms. The van der Waals surface area contributed by atoms with E-state index >= 15 is 0 Å². The van der Waals surface area contributed by atoms with Gasteiger partial charge in [-0.05, 0) is 74.9 Å². The molecule has 3 rings (SSSR count). The van der Waals surface area contributed by atoms with E-state index in [4.69, 9.17) is 4.74 Å². The van der Waals surface area contributed by atoms with Crippen molar-refractivity contribution < 1.29 is 9.53 Å². The van der Waals surface area contributed by atoms with E-state index in [1.165, 1.54) is 11.3 Å². The molecule has 0 aromatic heterocycles. The second-order valence-corrected chi connectivity index (χ2v) is 9.22. The van der Waals surface area contributed by atoms with Gasteiger partial charge in [0, 0.05) is 35.1 Å². The summed E-state index contributed by atoms with van der Waals surface area (Å²) in [5.74, 6) is 0.586. The lowest BCUT2D eigenvalue weighted by atomic mass is 9.79. The number of hydrogen-bond acceptors (Lipinski definition) is 4. The monoisotopic (exact) mass is 431 g/mol. The summed E-state index contributed by atoms with van der Waals surface area (Å²) in [6.07, 6.45) is 3.72. The fraction of sp³-hybridized carbons (Fsp3) is 0.407. The van der Waals surface area contributed by atoms with Gasteiger partial charge in [-0.25, -0.2) is 0 Å². The number of hydrogen-bond donors (Lipinski definition) is 1. The molecule has 5 nitrogen and oxygen atoms in total. The van der Waals surface area contributed by atoms with Crippen LogP contribution in [0.3, 0.4) is 0 Å². The van der Waals surface area contributed by atoms with Crippen molar-refractivity contribution in [1.29, 1.82) is 5.26 Å². The fourth-order valence-electron chi connectivity index (χ4n) is 4.69. The zero-order valence-corrected chi connectivity index (χ0v) is 20.0. The predicted octanol–water partition coefficient (Wildman–Crippen LogP) is 6.05. The number of anilines is 2. The first kappa shape index (κ1) is 23.4. The molecular formula is C27H33N3O2. The quantitative estimate of drug-likeness (QED) is 0.446. The lowest BCUT2D eigenvalue weighted by Crippen LogP contribution is -2.48. The van der Waals surface area contributed by atoms with E-state index in [9.17, 15) is 10.1 Å². The Morgan fingerprint density at radius 2 is 2.09 bits per heavy atom. The minimum absolute atomic E-state index is 0.0407. The van der Waals surface area contributed by atoms with Crippen molar-refractivity contribution >= 4 is 23.4 Å². The molecule has 0 aliphatic carbocycles. The van der Waals surface area contributed by atoms with Crippen LogP contribution in [0.2, 0.25) is 0 Å². The van der Waals surface area contributed by atoms with E-state index in [-0.39, 0.29) is 11.1 Å². The highest BCUT2D eigenvalue weighted by atomic mass is 16.5. The lowest BCUT2D eigenvalue weighted by molar-refractivity contribution is -0.112. The summed E-state index contributed by atoms with van der Waals surface area (Å²) in [5.41, 5.74) is 4.93. The Balaban J connectivity index is 2.02. The highest BCUT2D eigenvalue weighted by Crippen LogP contribution is 2.46. The van der Waals surface area contributed by atoms with Crippen LogP contribution >= 0.6 is 0 Å². The number of carbonyl (C=O) groups is 1. The van der Waals surface area contributed by atoms with Gasteiger partial charge in [-0.2, -0.15) is 5.26 Å². The maximum Gasteiger partial charge on any atom is 0.266 e. The Labute approximate surface area is 191 Å². The van der Waals surface area contributed by atoms with Crippen LogP contribution in [-0.4, -0.2) is 25.1 Å². The van der Waals surface area contributed by atoms with Gasteiger partial charge < -0.3 is 15.0 Å². The van der Waals surface area contributed by atoms with Gasteiger partial charge in [0.05, 0.1) is 7.11 Å². The number of ether oxygens (including phenoxy) is 1. The molecule has 0 fully saturated rings. The summed E-state index contributed by atoms with van der Waals surface area (Å²) < 4.78 is 5.69. The first-order valence-corrected chi connectivity index (χ1v) is 11.2. The van der Waals surface area contributed by atoms with Gasteiger partial charge in [-0.1, -0.05) is 26.0 Å². The molecular weight excluding hydrogens is 398 g/mol. The third kappa shape index (κ3) is 4.80. The Bertz CT molecular complexity index is 1080. The van der Waals surface area contributed by atoms with Crippen molar-refractivity contribution in [3.05, 3.63) is 58.7 Å². The standard InChI is InChI=1S/C27H33N3O2/c1-7-11-30-24-15-25(32-6)20(14-23(24)19(3)16-27(30,4)5)13-21(17-28)26(31)29-22-10-8-9-18(2)12-22/h8-10,12-15,19H,7,11,16H2,1-6H3,(H,29,31)/b21-13+. The summed E-state index contributed by atoms with van der Waals surface area (Å²) in [4.78, 5) is 15.2. The average Bonchev–Trinajstić information content (AvgIpc) is 2.74. The molecule has 1 heterocycles. The average molecular weight is 432 g/mol. The molecule has 1 amide bonds. The Hall–Kier alpha value is -3.26. The molecule has 1 aliphatic heterocycles. The van der Waals surface area contributed by atoms with E-state index in [0.717, 1.165) is 30.5 Å². The number of carbonyl (C=O) groups excluding carboxylic acids is 1. The van der Waals surface area contributed by atoms with Crippen molar-refractivity contribution in [2.45, 2.75) is 58.9 Å². The van der Waals surface area contributed by atoms with E-state index < -0.39 is 5.91 Å². The first-order valence-electron chi connectivity index (χ1n) is 11.2. The summed E-state index contributed by atoms with van der Waals surface area (Å²) in [6.45, 7) is 11.9. The zero-order chi connectivity index (χ0) is 23.5. The normalized spacial score (nSPS) is 17.3. The molecule has 1 aliphatic rings. The summed E-state index contributed by atoms with van der Waals surface area (Å²) >= 11 is 0. The van der Waals surface area contributed by atoms with Gasteiger partial charge >= 0.3 is 0 Å². The lowest BCUT2D eigenvalue weighted by Gasteiger charge is -2.47. The maximum absolute atomic E-state index is 12.8. The number of benzene rings is 2. The van der Waals surface area contributed by atoms with E-state index in [0.29, 0.717) is 17.4 Å². The van der Waals surface area contributed by atoms with Gasteiger partial charge in [0.2, 0.25) is 0 Å². The number of nitrogens with one attached hydrogen (secondary N) is 1. The van der Waals surface area contributed by atoms with Crippen LogP contribution < -0.4 is 15.0 Å². The van der Waals surface area contributed by atoms with Gasteiger partial charge in [0.1, 0.15) is 17.4 Å². The van der Waals surface area contributed by atoms with Crippen molar-refractivity contribution in [2.24, 2.45) is 0 Å². The zero-order valence-electron chi connectivity index (χ0n) is 20.0. The molecule has 32 heavy (non-hydrogen) atoms. The molecule has 1 N–H and O–H groups in total. The number of fused-ring (bicyclic) bond motifs is 1. The van der Waals surface area contributed by atoms with E-state index in [1.54, 1.807) is 13.2 Å². The minimum Gasteiger partial charge on any atom is -0.496 e. The second kappa shape index (κ2) is 9.48. The van der Waals surface area contributed by atoms with Crippen LogP contribution in [0.15, 0.2) is 42.0 Å².